The number of hydrogen-bond donors (Lipinski definition) is 0. The van der Waals surface area contributed by atoms with E-state index in [-0.39, 0.29) is 5.91 Å². The van der Waals surface area contributed by atoms with Crippen LogP contribution in [0.15, 0.2) is 0 Å². The predicted octanol–water partition coefficient (Wildman–Crippen LogP) is 1.70. The van der Waals surface area contributed by atoms with E-state index in [1.807, 2.05) is 6.92 Å². The van der Waals surface area contributed by atoms with Gasteiger partial charge < -0.3 is 4.90 Å². The lowest BCUT2D eigenvalue weighted by Crippen LogP contribution is -2.32. The molecule has 0 aliphatic carbocycles. The van der Waals surface area contributed by atoms with Crippen molar-refractivity contribution in [3.8, 4) is 0 Å². The smallest absolute Gasteiger partial charge is 0.267 e. The molecule has 1 rings (SSSR count). The third-order valence-corrected chi connectivity index (χ3v) is 3.04. The number of nitrogens with zero attached hydrogens (tertiary/aromatic N) is 3. The van der Waals surface area contributed by atoms with Gasteiger partial charge in [0.2, 0.25) is 0 Å². The maximum atomic E-state index is 11.9. The van der Waals surface area contributed by atoms with Gasteiger partial charge in [0.05, 0.1) is 5.69 Å². The van der Waals surface area contributed by atoms with Gasteiger partial charge in [-0.15, -0.1) is 5.10 Å². The lowest BCUT2D eigenvalue weighted by Gasteiger charge is -2.18. The maximum absolute atomic E-state index is 11.9. The largest absolute Gasteiger partial charge is 0.337 e. The first-order valence-electron chi connectivity index (χ1n) is 4.34. The van der Waals surface area contributed by atoms with E-state index in [0.29, 0.717) is 23.7 Å². The summed E-state index contributed by atoms with van der Waals surface area (Å²) in [4.78, 5) is 14.3. The van der Waals surface area contributed by atoms with E-state index < -0.39 is 0 Å². The number of aromatic nitrogens is 2. The van der Waals surface area contributed by atoms with Gasteiger partial charge in [0.1, 0.15) is 4.88 Å². The Hall–Kier alpha value is -0.490. The van der Waals surface area contributed by atoms with Crippen molar-refractivity contribution in [1.82, 2.24) is 14.5 Å². The van der Waals surface area contributed by atoms with Gasteiger partial charge in [-0.1, -0.05) is 20.4 Å². The number of carbonyl (C=O) groups excluding carboxylic acids is 1. The van der Waals surface area contributed by atoms with Gasteiger partial charge in [0.25, 0.3) is 5.91 Å². The number of aryl methyl sites for hydroxylation is 1. The minimum atomic E-state index is 0.0273. The van der Waals surface area contributed by atoms with Crippen molar-refractivity contribution in [2.75, 3.05) is 18.4 Å². The summed E-state index contributed by atoms with van der Waals surface area (Å²) in [6.45, 7) is 5.19. The molecule has 78 valence electrons. The first kappa shape index (κ1) is 11.6. The van der Waals surface area contributed by atoms with Crippen LogP contribution in [0.4, 0.5) is 0 Å². The quantitative estimate of drug-likeness (QED) is 0.788. The SMILES string of the molecule is CCN(CCBr)C(=O)c1snnc1C. The Balaban J connectivity index is 2.78. The number of alkyl halides is 1. The number of hydrogen-bond acceptors (Lipinski definition) is 4. The zero-order valence-electron chi connectivity index (χ0n) is 8.16. The van der Waals surface area contributed by atoms with Crippen LogP contribution in [-0.4, -0.2) is 38.8 Å². The highest BCUT2D eigenvalue weighted by Crippen LogP contribution is 2.12. The molecule has 0 N–H and O–H groups in total. The second kappa shape index (κ2) is 5.41. The molecular weight excluding hydrogens is 266 g/mol. The van der Waals surface area contributed by atoms with Crippen molar-refractivity contribution < 1.29 is 4.79 Å². The van der Waals surface area contributed by atoms with Crippen LogP contribution < -0.4 is 0 Å². The monoisotopic (exact) mass is 277 g/mol. The van der Waals surface area contributed by atoms with E-state index in [2.05, 4.69) is 25.5 Å². The van der Waals surface area contributed by atoms with Gasteiger partial charge in [0.15, 0.2) is 0 Å². The van der Waals surface area contributed by atoms with Gasteiger partial charge >= 0.3 is 0 Å². The Labute approximate surface area is 95.6 Å². The highest BCUT2D eigenvalue weighted by Gasteiger charge is 2.18. The van der Waals surface area contributed by atoms with E-state index in [4.69, 9.17) is 0 Å². The molecule has 0 saturated heterocycles. The Morgan fingerprint density at radius 1 is 1.64 bits per heavy atom. The zero-order valence-corrected chi connectivity index (χ0v) is 10.6. The van der Waals surface area contributed by atoms with E-state index in [1.165, 1.54) is 0 Å². The summed E-state index contributed by atoms with van der Waals surface area (Å²) in [6.07, 6.45) is 0. The first-order valence-corrected chi connectivity index (χ1v) is 6.24. The van der Waals surface area contributed by atoms with Gasteiger partial charge in [-0.05, 0) is 25.4 Å². The molecule has 0 spiro atoms. The van der Waals surface area contributed by atoms with Crippen molar-refractivity contribution in [3.63, 3.8) is 0 Å². The van der Waals surface area contributed by atoms with Crippen LogP contribution in [-0.2, 0) is 0 Å². The standard InChI is InChI=1S/C8H12BrN3OS/c1-3-12(5-4-9)8(13)7-6(2)10-11-14-7/h3-5H2,1-2H3. The Morgan fingerprint density at radius 3 is 2.79 bits per heavy atom. The molecule has 0 unspecified atom stereocenters. The molecule has 0 aliphatic rings. The molecule has 0 fully saturated rings. The summed E-state index contributed by atoms with van der Waals surface area (Å²) < 4.78 is 3.75. The van der Waals surface area contributed by atoms with Gasteiger partial charge in [-0.2, -0.15) is 0 Å². The van der Waals surface area contributed by atoms with Crippen LogP contribution in [0.2, 0.25) is 0 Å². The second-order valence-electron chi connectivity index (χ2n) is 2.76. The van der Waals surface area contributed by atoms with Gasteiger partial charge in [0, 0.05) is 18.4 Å². The van der Waals surface area contributed by atoms with Crippen LogP contribution in [0.25, 0.3) is 0 Å². The molecule has 0 radical (unpaired) electrons. The minimum absolute atomic E-state index is 0.0273. The normalized spacial score (nSPS) is 10.2. The molecule has 0 bridgehead atoms. The molecule has 1 aromatic rings. The molecular formula is C8H12BrN3OS. The Bertz CT molecular complexity index is 315. The van der Waals surface area contributed by atoms with Crippen molar-refractivity contribution in [2.45, 2.75) is 13.8 Å². The van der Waals surface area contributed by atoms with Crippen LogP contribution in [0, 0.1) is 6.92 Å². The Morgan fingerprint density at radius 2 is 2.36 bits per heavy atom. The number of amides is 1. The molecule has 0 aliphatic heterocycles. The molecule has 1 aromatic heterocycles. The van der Waals surface area contributed by atoms with Crippen molar-refractivity contribution in [1.29, 1.82) is 0 Å². The molecule has 0 saturated carbocycles. The average molecular weight is 278 g/mol. The topological polar surface area (TPSA) is 46.1 Å². The molecule has 1 amide bonds. The molecule has 1 heterocycles. The number of halogens is 1. The first-order chi connectivity index (χ1) is 6.70. The molecule has 0 atom stereocenters. The third kappa shape index (κ3) is 2.51. The second-order valence-corrected chi connectivity index (χ2v) is 4.31. The van der Waals surface area contributed by atoms with Crippen LogP contribution in [0.5, 0.6) is 0 Å². The fourth-order valence-corrected chi connectivity index (χ4v) is 2.13. The lowest BCUT2D eigenvalue weighted by molar-refractivity contribution is 0.0779. The summed E-state index contributed by atoms with van der Waals surface area (Å²) in [7, 11) is 0. The zero-order chi connectivity index (χ0) is 10.6. The fraction of sp³-hybridized carbons (Fsp3) is 0.625. The van der Waals surface area contributed by atoms with Gasteiger partial charge in [-0.25, -0.2) is 0 Å². The molecule has 0 aromatic carbocycles. The molecule has 4 nitrogen and oxygen atoms in total. The van der Waals surface area contributed by atoms with Crippen LogP contribution in [0.3, 0.4) is 0 Å². The third-order valence-electron chi connectivity index (χ3n) is 1.87. The van der Waals surface area contributed by atoms with Crippen molar-refractivity contribution in [3.05, 3.63) is 10.6 Å². The summed E-state index contributed by atoms with van der Waals surface area (Å²) in [5.74, 6) is 0.0273. The van der Waals surface area contributed by atoms with Crippen molar-refractivity contribution in [2.24, 2.45) is 0 Å². The minimum Gasteiger partial charge on any atom is -0.337 e. The maximum Gasteiger partial charge on any atom is 0.267 e. The number of rotatable bonds is 4. The highest BCUT2D eigenvalue weighted by molar-refractivity contribution is 9.09. The van der Waals surface area contributed by atoms with E-state index >= 15 is 0 Å². The highest BCUT2D eigenvalue weighted by atomic mass is 79.9. The lowest BCUT2D eigenvalue weighted by atomic mass is 10.3. The van der Waals surface area contributed by atoms with Gasteiger partial charge in [-0.3, -0.25) is 4.79 Å². The Kier molecular flexibility index (Phi) is 4.47. The van der Waals surface area contributed by atoms with Crippen LogP contribution >= 0.6 is 27.5 Å². The molecule has 14 heavy (non-hydrogen) atoms. The average Bonchev–Trinajstić information content (AvgIpc) is 2.59. The summed E-state index contributed by atoms with van der Waals surface area (Å²) >= 11 is 4.48. The van der Waals surface area contributed by atoms with E-state index in [1.54, 1.807) is 11.8 Å². The number of carbonyl (C=O) groups is 1. The van der Waals surface area contributed by atoms with Crippen molar-refractivity contribution >= 4 is 33.4 Å². The predicted molar refractivity (Wildman–Crippen MR) is 60.0 cm³/mol. The van der Waals surface area contributed by atoms with E-state index in [0.717, 1.165) is 16.9 Å². The van der Waals surface area contributed by atoms with Crippen LogP contribution in [0.1, 0.15) is 22.3 Å². The molecule has 6 heteroatoms. The summed E-state index contributed by atoms with van der Waals surface area (Å²) in [5, 5.41) is 4.61. The van der Waals surface area contributed by atoms with E-state index in [9.17, 15) is 4.79 Å². The fourth-order valence-electron chi connectivity index (χ4n) is 1.08. The summed E-state index contributed by atoms with van der Waals surface area (Å²) in [5.41, 5.74) is 0.716. The summed E-state index contributed by atoms with van der Waals surface area (Å²) in [6, 6.07) is 0.